The van der Waals surface area contributed by atoms with Gasteiger partial charge >= 0.3 is 6.09 Å². The van der Waals surface area contributed by atoms with E-state index >= 15 is 0 Å². The van der Waals surface area contributed by atoms with E-state index in [2.05, 4.69) is 10.6 Å². The van der Waals surface area contributed by atoms with Crippen LogP contribution in [0.2, 0.25) is 5.02 Å². The van der Waals surface area contributed by atoms with Crippen LogP contribution in [-0.4, -0.2) is 29.7 Å². The zero-order chi connectivity index (χ0) is 17.9. The minimum Gasteiger partial charge on any atom is -0.478 e. The van der Waals surface area contributed by atoms with Crippen LogP contribution in [0.5, 0.6) is 5.75 Å². The Bertz CT molecular complexity index is 694. The fraction of sp³-hybridized carbons (Fsp3) is 0.438. The Kier molecular flexibility index (Phi) is 5.20. The summed E-state index contributed by atoms with van der Waals surface area (Å²) in [5.41, 5.74) is -0.173. The summed E-state index contributed by atoms with van der Waals surface area (Å²) >= 11 is 5.91. The molecule has 1 aliphatic rings. The van der Waals surface area contributed by atoms with Gasteiger partial charge in [0.25, 0.3) is 5.91 Å². The van der Waals surface area contributed by atoms with E-state index in [1.165, 1.54) is 0 Å². The molecule has 2 amide bonds. The largest absolute Gasteiger partial charge is 0.478 e. The van der Waals surface area contributed by atoms with Gasteiger partial charge in [-0.2, -0.15) is 5.26 Å². The van der Waals surface area contributed by atoms with E-state index < -0.39 is 29.7 Å². The first kappa shape index (κ1) is 17.9. The van der Waals surface area contributed by atoms with Crippen molar-refractivity contribution in [3.05, 3.63) is 23.2 Å². The molecule has 0 bridgehead atoms. The lowest BCUT2D eigenvalue weighted by atomic mass is 10.1. The Morgan fingerprint density at radius 1 is 1.54 bits per heavy atom. The number of nitriles is 1. The second-order valence-corrected chi connectivity index (χ2v) is 6.74. The molecule has 2 N–H and O–H groups in total. The van der Waals surface area contributed by atoms with Gasteiger partial charge < -0.3 is 20.1 Å². The number of hydrogen-bond acceptors (Lipinski definition) is 5. The first-order chi connectivity index (χ1) is 11.2. The Morgan fingerprint density at radius 3 is 2.88 bits per heavy atom. The topological polar surface area (TPSA) is 100 Å². The first-order valence-electron chi connectivity index (χ1n) is 7.34. The van der Waals surface area contributed by atoms with Crippen molar-refractivity contribution in [1.29, 1.82) is 5.26 Å². The molecule has 2 atom stereocenters. The van der Waals surface area contributed by atoms with Crippen LogP contribution in [0.1, 0.15) is 27.2 Å². The predicted molar refractivity (Wildman–Crippen MR) is 87.9 cm³/mol. The highest BCUT2D eigenvalue weighted by atomic mass is 35.5. The van der Waals surface area contributed by atoms with Gasteiger partial charge in [0.05, 0.1) is 11.8 Å². The van der Waals surface area contributed by atoms with E-state index in [9.17, 15) is 14.9 Å². The van der Waals surface area contributed by atoms with Gasteiger partial charge in [-0.15, -0.1) is 0 Å². The molecule has 0 saturated heterocycles. The van der Waals surface area contributed by atoms with Crippen LogP contribution in [0.4, 0.5) is 10.5 Å². The lowest BCUT2D eigenvalue weighted by Crippen LogP contribution is -2.45. The van der Waals surface area contributed by atoms with Crippen LogP contribution >= 0.6 is 11.6 Å². The number of benzene rings is 1. The zero-order valence-corrected chi connectivity index (χ0v) is 14.3. The summed E-state index contributed by atoms with van der Waals surface area (Å²) < 4.78 is 10.7. The van der Waals surface area contributed by atoms with Gasteiger partial charge in [0.2, 0.25) is 0 Å². The normalized spacial score (nSPS) is 17.6. The zero-order valence-electron chi connectivity index (χ0n) is 13.6. The molecular weight excluding hydrogens is 334 g/mol. The molecule has 0 spiro atoms. The van der Waals surface area contributed by atoms with Crippen molar-refractivity contribution in [3.63, 3.8) is 0 Å². The van der Waals surface area contributed by atoms with Crippen LogP contribution < -0.4 is 15.4 Å². The highest BCUT2D eigenvalue weighted by Crippen LogP contribution is 2.33. The maximum atomic E-state index is 12.1. The molecule has 1 aromatic rings. The molecule has 24 heavy (non-hydrogen) atoms. The van der Waals surface area contributed by atoms with Gasteiger partial charge in [-0.05, 0) is 32.9 Å². The molecule has 7 nitrogen and oxygen atoms in total. The van der Waals surface area contributed by atoms with Gasteiger partial charge in [-0.1, -0.05) is 11.6 Å². The third kappa shape index (κ3) is 4.77. The van der Waals surface area contributed by atoms with Crippen molar-refractivity contribution < 1.29 is 19.1 Å². The number of nitrogens with zero attached hydrogens (tertiary/aromatic N) is 1. The quantitative estimate of drug-likeness (QED) is 0.872. The van der Waals surface area contributed by atoms with E-state index in [0.717, 1.165) is 0 Å². The van der Waals surface area contributed by atoms with Crippen molar-refractivity contribution in [2.75, 3.05) is 5.32 Å². The van der Waals surface area contributed by atoms with Crippen LogP contribution in [-0.2, 0) is 9.53 Å². The molecule has 0 unspecified atom stereocenters. The summed E-state index contributed by atoms with van der Waals surface area (Å²) in [5, 5.41) is 14.8. The molecule has 0 radical (unpaired) electrons. The molecule has 1 aliphatic heterocycles. The van der Waals surface area contributed by atoms with E-state index in [0.29, 0.717) is 16.5 Å². The highest BCUT2D eigenvalue weighted by Gasteiger charge is 2.31. The number of ether oxygens (including phenoxy) is 2. The Labute approximate surface area is 144 Å². The molecule has 0 aliphatic carbocycles. The molecule has 1 heterocycles. The standard InChI is InChI=1S/C16H18ClN3O4/c1-16(2,3)24-15(22)19-10(8-18)7-13-14(21)20-11-5-4-9(17)6-12(11)23-13/h4-6,10,13H,7H2,1-3H3,(H,19,22)(H,20,21)/t10-,13-/m0/s1. The minimum atomic E-state index is -0.934. The first-order valence-corrected chi connectivity index (χ1v) is 7.72. The number of hydrogen-bond donors (Lipinski definition) is 2. The molecular formula is C16H18ClN3O4. The third-order valence-electron chi connectivity index (χ3n) is 3.06. The summed E-state index contributed by atoms with van der Waals surface area (Å²) in [4.78, 5) is 23.8. The number of carbonyl (C=O) groups excluding carboxylic acids is 2. The number of alkyl carbamates (subject to hydrolysis) is 1. The van der Waals surface area contributed by atoms with Gasteiger partial charge in [0.1, 0.15) is 17.4 Å². The molecule has 0 aromatic heterocycles. The SMILES string of the molecule is CC(C)(C)OC(=O)N[C@H](C#N)C[C@@H]1Oc2cc(Cl)ccc2NC1=O. The molecule has 0 fully saturated rings. The average molecular weight is 352 g/mol. The maximum absolute atomic E-state index is 12.1. The monoisotopic (exact) mass is 351 g/mol. The number of amides is 2. The van der Waals surface area contributed by atoms with Crippen molar-refractivity contribution in [2.24, 2.45) is 0 Å². The minimum absolute atomic E-state index is 0.0203. The van der Waals surface area contributed by atoms with Crippen LogP contribution in [0.25, 0.3) is 0 Å². The third-order valence-corrected chi connectivity index (χ3v) is 3.29. The second-order valence-electron chi connectivity index (χ2n) is 6.30. The van der Waals surface area contributed by atoms with Gasteiger partial charge in [0.15, 0.2) is 6.10 Å². The smallest absolute Gasteiger partial charge is 0.408 e. The van der Waals surface area contributed by atoms with Crippen molar-refractivity contribution >= 4 is 29.3 Å². The van der Waals surface area contributed by atoms with Gasteiger partial charge in [0, 0.05) is 17.5 Å². The van der Waals surface area contributed by atoms with Crippen molar-refractivity contribution in [3.8, 4) is 11.8 Å². The summed E-state index contributed by atoms with van der Waals surface area (Å²) in [6.07, 6.45) is -1.67. The molecule has 2 rings (SSSR count). The lowest BCUT2D eigenvalue weighted by molar-refractivity contribution is -0.123. The molecule has 0 saturated carbocycles. The average Bonchev–Trinajstić information content (AvgIpc) is 2.45. The summed E-state index contributed by atoms with van der Waals surface area (Å²) in [6, 6.07) is 5.83. The predicted octanol–water partition coefficient (Wildman–Crippen LogP) is 2.85. The molecule has 1 aromatic carbocycles. The fourth-order valence-electron chi connectivity index (χ4n) is 2.08. The van der Waals surface area contributed by atoms with E-state index in [1.54, 1.807) is 39.0 Å². The second kappa shape index (κ2) is 6.97. The Balaban J connectivity index is 2.02. The lowest BCUT2D eigenvalue weighted by Gasteiger charge is -2.27. The van der Waals surface area contributed by atoms with Crippen LogP contribution in [0.15, 0.2) is 18.2 Å². The van der Waals surface area contributed by atoms with E-state index in [1.807, 2.05) is 6.07 Å². The summed E-state index contributed by atoms with van der Waals surface area (Å²) in [6.45, 7) is 5.14. The number of rotatable bonds is 3. The number of nitrogens with one attached hydrogen (secondary N) is 2. The van der Waals surface area contributed by atoms with E-state index in [-0.39, 0.29) is 6.42 Å². The summed E-state index contributed by atoms with van der Waals surface area (Å²) in [5.74, 6) is 0.0251. The van der Waals surface area contributed by atoms with Gasteiger partial charge in [-0.3, -0.25) is 4.79 Å². The number of carbonyl (C=O) groups is 2. The van der Waals surface area contributed by atoms with Crippen LogP contribution in [0.3, 0.4) is 0 Å². The van der Waals surface area contributed by atoms with Crippen LogP contribution in [0, 0.1) is 11.3 Å². The summed E-state index contributed by atoms with van der Waals surface area (Å²) in [7, 11) is 0. The Hall–Kier alpha value is -2.46. The maximum Gasteiger partial charge on any atom is 0.408 e. The number of anilines is 1. The van der Waals surface area contributed by atoms with Crippen molar-refractivity contribution in [1.82, 2.24) is 5.32 Å². The molecule has 128 valence electrons. The number of fused-ring (bicyclic) bond motifs is 1. The van der Waals surface area contributed by atoms with Gasteiger partial charge in [-0.25, -0.2) is 4.79 Å². The highest BCUT2D eigenvalue weighted by molar-refractivity contribution is 6.30. The van der Waals surface area contributed by atoms with Crippen molar-refractivity contribution in [2.45, 2.75) is 44.9 Å². The molecule has 8 heteroatoms. The fourth-order valence-corrected chi connectivity index (χ4v) is 2.24. The van der Waals surface area contributed by atoms with E-state index in [4.69, 9.17) is 21.1 Å². The number of halogens is 1. The Morgan fingerprint density at radius 2 is 2.25 bits per heavy atom.